The number of para-hydroxylation sites is 1. The van der Waals surface area contributed by atoms with E-state index >= 15 is 0 Å². The van der Waals surface area contributed by atoms with Gasteiger partial charge in [0.05, 0.1) is 12.0 Å². The van der Waals surface area contributed by atoms with Crippen molar-refractivity contribution in [3.05, 3.63) is 36.0 Å². The molecule has 1 aromatic carbocycles. The number of carbonyl (C=O) groups excluding carboxylic acids is 2. The smallest absolute Gasteiger partial charge is 0.303 e. The molecule has 0 aliphatic rings. The van der Waals surface area contributed by atoms with E-state index in [-0.39, 0.29) is 12.8 Å². The van der Waals surface area contributed by atoms with Gasteiger partial charge in [-0.15, -0.1) is 0 Å². The van der Waals surface area contributed by atoms with Crippen molar-refractivity contribution in [3.8, 4) is 0 Å². The van der Waals surface area contributed by atoms with Crippen LogP contribution in [-0.2, 0) is 9.59 Å². The molecule has 0 fully saturated rings. The summed E-state index contributed by atoms with van der Waals surface area (Å²) in [6.07, 6.45) is 0.881. The van der Waals surface area contributed by atoms with Crippen molar-refractivity contribution in [1.82, 2.24) is 4.98 Å². The predicted molar refractivity (Wildman–Crippen MR) is 64.5 cm³/mol. The summed E-state index contributed by atoms with van der Waals surface area (Å²) in [4.78, 5) is 36.7. The van der Waals surface area contributed by atoms with E-state index in [2.05, 4.69) is 4.98 Å². The van der Waals surface area contributed by atoms with Gasteiger partial charge in [-0.1, -0.05) is 18.2 Å². The van der Waals surface area contributed by atoms with Crippen LogP contribution in [-0.4, -0.2) is 27.6 Å². The quantitative estimate of drug-likeness (QED) is 0.621. The molecular formula is C13H11NO4. The number of carboxylic acids is 1. The van der Waals surface area contributed by atoms with Gasteiger partial charge in [-0.25, -0.2) is 0 Å². The second-order valence-electron chi connectivity index (χ2n) is 3.89. The van der Waals surface area contributed by atoms with E-state index in [0.717, 1.165) is 5.52 Å². The topological polar surface area (TPSA) is 87.2 Å². The van der Waals surface area contributed by atoms with Gasteiger partial charge >= 0.3 is 5.97 Å². The molecule has 92 valence electrons. The van der Waals surface area contributed by atoms with E-state index in [1.165, 1.54) is 6.20 Å². The predicted octanol–water partition coefficient (Wildman–Crippen LogP) is 1.78. The molecule has 1 heterocycles. The number of carboxylic acid groups (broad SMARTS) is 1. The van der Waals surface area contributed by atoms with Crippen LogP contribution in [0.5, 0.6) is 0 Å². The van der Waals surface area contributed by atoms with Crippen molar-refractivity contribution in [2.75, 3.05) is 0 Å². The van der Waals surface area contributed by atoms with E-state index in [1.807, 2.05) is 6.07 Å². The highest BCUT2D eigenvalue weighted by Gasteiger charge is 2.20. The summed E-state index contributed by atoms with van der Waals surface area (Å²) in [5.41, 5.74) is 1.06. The second kappa shape index (κ2) is 4.83. The largest absolute Gasteiger partial charge is 0.481 e. The SMILES string of the molecule is O=C(O)CCC(=O)C(=O)c1c[nH]c2ccccc12. The summed E-state index contributed by atoms with van der Waals surface area (Å²) < 4.78 is 0. The molecular weight excluding hydrogens is 234 g/mol. The van der Waals surface area contributed by atoms with Gasteiger partial charge in [0.2, 0.25) is 11.6 Å². The Morgan fingerprint density at radius 3 is 2.56 bits per heavy atom. The van der Waals surface area contributed by atoms with E-state index in [1.54, 1.807) is 18.2 Å². The lowest BCUT2D eigenvalue weighted by Gasteiger charge is -1.97. The van der Waals surface area contributed by atoms with Crippen LogP contribution in [0.15, 0.2) is 30.5 Å². The number of hydrogen-bond acceptors (Lipinski definition) is 3. The van der Waals surface area contributed by atoms with Crippen molar-refractivity contribution < 1.29 is 19.5 Å². The average Bonchev–Trinajstić information content (AvgIpc) is 2.78. The van der Waals surface area contributed by atoms with Crippen molar-refractivity contribution >= 4 is 28.4 Å². The molecule has 2 rings (SSSR count). The van der Waals surface area contributed by atoms with Crippen LogP contribution in [0, 0.1) is 0 Å². The minimum atomic E-state index is -1.09. The number of nitrogens with one attached hydrogen (secondary N) is 1. The Hall–Kier alpha value is -2.43. The number of ketones is 2. The summed E-state index contributed by atoms with van der Waals surface area (Å²) in [5.74, 6) is -2.41. The first-order valence-electron chi connectivity index (χ1n) is 5.45. The van der Waals surface area contributed by atoms with Gasteiger partial charge in [-0.2, -0.15) is 0 Å². The van der Waals surface area contributed by atoms with Crippen molar-refractivity contribution in [2.45, 2.75) is 12.8 Å². The summed E-state index contributed by atoms with van der Waals surface area (Å²) >= 11 is 0. The first kappa shape index (κ1) is 12.0. The summed E-state index contributed by atoms with van der Waals surface area (Å²) in [5, 5.41) is 9.15. The monoisotopic (exact) mass is 245 g/mol. The lowest BCUT2D eigenvalue weighted by atomic mass is 10.0. The van der Waals surface area contributed by atoms with Crippen LogP contribution in [0.25, 0.3) is 10.9 Å². The number of H-pyrrole nitrogens is 1. The fourth-order valence-electron chi connectivity index (χ4n) is 1.74. The first-order valence-corrected chi connectivity index (χ1v) is 5.45. The average molecular weight is 245 g/mol. The molecule has 0 saturated carbocycles. The highest BCUT2D eigenvalue weighted by Crippen LogP contribution is 2.18. The first-order chi connectivity index (χ1) is 8.59. The van der Waals surface area contributed by atoms with E-state index in [9.17, 15) is 14.4 Å². The van der Waals surface area contributed by atoms with Crippen molar-refractivity contribution in [3.63, 3.8) is 0 Å². The number of aromatic nitrogens is 1. The number of benzene rings is 1. The Morgan fingerprint density at radius 1 is 1.11 bits per heavy atom. The molecule has 5 nitrogen and oxygen atoms in total. The Labute approximate surface area is 102 Å². The zero-order chi connectivity index (χ0) is 13.1. The molecule has 1 aromatic heterocycles. The van der Waals surface area contributed by atoms with Gasteiger partial charge in [-0.3, -0.25) is 14.4 Å². The number of fused-ring (bicyclic) bond motifs is 1. The Balaban J connectivity index is 2.23. The van der Waals surface area contributed by atoms with Crippen LogP contribution < -0.4 is 0 Å². The number of rotatable bonds is 5. The van der Waals surface area contributed by atoms with Gasteiger partial charge in [0.1, 0.15) is 0 Å². The molecule has 0 unspecified atom stereocenters. The van der Waals surface area contributed by atoms with Gasteiger partial charge in [0.25, 0.3) is 0 Å². The van der Waals surface area contributed by atoms with E-state index in [4.69, 9.17) is 5.11 Å². The molecule has 0 aliphatic carbocycles. The zero-order valence-corrected chi connectivity index (χ0v) is 9.47. The third-order valence-electron chi connectivity index (χ3n) is 2.65. The highest BCUT2D eigenvalue weighted by atomic mass is 16.4. The van der Waals surface area contributed by atoms with Gasteiger partial charge in [-0.05, 0) is 6.07 Å². The van der Waals surface area contributed by atoms with Gasteiger partial charge < -0.3 is 10.1 Å². The minimum absolute atomic E-state index is 0.270. The molecule has 0 radical (unpaired) electrons. The summed E-state index contributed by atoms with van der Waals surface area (Å²) in [7, 11) is 0. The Morgan fingerprint density at radius 2 is 1.83 bits per heavy atom. The standard InChI is InChI=1S/C13H11NO4/c15-11(5-6-12(16)17)13(18)9-7-14-10-4-2-1-3-8(9)10/h1-4,7,14H,5-6H2,(H,16,17). The van der Waals surface area contributed by atoms with Gasteiger partial charge in [0, 0.05) is 23.5 Å². The third kappa shape index (κ3) is 2.29. The molecule has 2 aromatic rings. The third-order valence-corrected chi connectivity index (χ3v) is 2.65. The zero-order valence-electron chi connectivity index (χ0n) is 9.47. The molecule has 0 saturated heterocycles. The van der Waals surface area contributed by atoms with Crippen LogP contribution >= 0.6 is 0 Å². The number of aliphatic carboxylic acids is 1. The fourth-order valence-corrected chi connectivity index (χ4v) is 1.74. The molecule has 18 heavy (non-hydrogen) atoms. The van der Waals surface area contributed by atoms with Crippen LogP contribution in [0.1, 0.15) is 23.2 Å². The highest BCUT2D eigenvalue weighted by molar-refractivity contribution is 6.45. The van der Waals surface area contributed by atoms with E-state index in [0.29, 0.717) is 10.9 Å². The lowest BCUT2D eigenvalue weighted by Crippen LogP contribution is -2.15. The molecule has 0 aliphatic heterocycles. The summed E-state index contributed by atoms with van der Waals surface area (Å²) in [6.45, 7) is 0. The Kier molecular flexibility index (Phi) is 3.23. The number of Topliss-reactive ketones (excluding diaryl/α,β-unsaturated/α-hetero) is 2. The number of aromatic amines is 1. The van der Waals surface area contributed by atoms with Gasteiger partial charge in [0.15, 0.2) is 0 Å². The maximum atomic E-state index is 11.9. The minimum Gasteiger partial charge on any atom is -0.481 e. The molecule has 5 heteroatoms. The number of carbonyl (C=O) groups is 3. The second-order valence-corrected chi connectivity index (χ2v) is 3.89. The van der Waals surface area contributed by atoms with Crippen LogP contribution in [0.3, 0.4) is 0 Å². The normalized spacial score (nSPS) is 10.4. The van der Waals surface area contributed by atoms with Crippen LogP contribution in [0.4, 0.5) is 0 Å². The molecule has 0 spiro atoms. The number of hydrogen-bond donors (Lipinski definition) is 2. The molecule has 0 bridgehead atoms. The fraction of sp³-hybridized carbons (Fsp3) is 0.154. The molecule has 0 atom stereocenters. The maximum absolute atomic E-state index is 11.9. The van der Waals surface area contributed by atoms with Crippen molar-refractivity contribution in [1.29, 1.82) is 0 Å². The molecule has 2 N–H and O–H groups in total. The van der Waals surface area contributed by atoms with Crippen molar-refractivity contribution in [2.24, 2.45) is 0 Å². The summed E-state index contributed by atoms with van der Waals surface area (Å²) in [6, 6.07) is 7.13. The van der Waals surface area contributed by atoms with Crippen LogP contribution in [0.2, 0.25) is 0 Å². The Bertz CT molecular complexity index is 627. The van der Waals surface area contributed by atoms with E-state index < -0.39 is 17.5 Å². The lowest BCUT2D eigenvalue weighted by molar-refractivity contribution is -0.138. The maximum Gasteiger partial charge on any atom is 0.303 e. The molecule has 0 amide bonds.